The van der Waals surface area contributed by atoms with Crippen LogP contribution in [0.5, 0.6) is 0 Å². The third kappa shape index (κ3) is 5.25. The minimum Gasteiger partial charge on any atom is -0.378 e. The molecule has 1 aliphatic rings. The van der Waals surface area contributed by atoms with Gasteiger partial charge in [-0.2, -0.15) is 0 Å². The fourth-order valence-electron chi connectivity index (χ4n) is 3.16. The zero-order valence-electron chi connectivity index (χ0n) is 15.0. The van der Waals surface area contributed by atoms with Gasteiger partial charge >= 0.3 is 0 Å². The number of carbonyl (C=O) groups is 2. The first-order valence-electron chi connectivity index (χ1n) is 8.82. The summed E-state index contributed by atoms with van der Waals surface area (Å²) in [5.41, 5.74) is 1.91. The summed E-state index contributed by atoms with van der Waals surface area (Å²) in [5.74, 6) is -0.00358. The van der Waals surface area contributed by atoms with E-state index in [0.29, 0.717) is 19.0 Å². The van der Waals surface area contributed by atoms with Crippen LogP contribution in [0.25, 0.3) is 0 Å². The van der Waals surface area contributed by atoms with Gasteiger partial charge in [0.1, 0.15) is 0 Å². The lowest BCUT2D eigenvalue weighted by molar-refractivity contribution is -0.121. The summed E-state index contributed by atoms with van der Waals surface area (Å²) in [6.07, 6.45) is 6.16. The van der Waals surface area contributed by atoms with Gasteiger partial charge < -0.3 is 15.1 Å². The summed E-state index contributed by atoms with van der Waals surface area (Å²) in [6, 6.07) is 8.13. The van der Waals surface area contributed by atoms with Crippen molar-refractivity contribution in [1.29, 1.82) is 0 Å². The van der Waals surface area contributed by atoms with Gasteiger partial charge in [-0.3, -0.25) is 9.59 Å². The Morgan fingerprint density at radius 1 is 1.04 bits per heavy atom. The van der Waals surface area contributed by atoms with E-state index >= 15 is 0 Å². The van der Waals surface area contributed by atoms with Crippen LogP contribution in [-0.4, -0.2) is 38.5 Å². The highest BCUT2D eigenvalue weighted by Crippen LogP contribution is 2.20. The Hall–Kier alpha value is -2.04. The van der Waals surface area contributed by atoms with Crippen molar-refractivity contribution in [2.45, 2.75) is 51.5 Å². The van der Waals surface area contributed by atoms with Gasteiger partial charge in [-0.1, -0.05) is 19.3 Å². The Bertz CT molecular complexity index is 548. The molecule has 132 valence electrons. The van der Waals surface area contributed by atoms with E-state index in [-0.39, 0.29) is 11.8 Å². The Labute approximate surface area is 145 Å². The number of amides is 2. The van der Waals surface area contributed by atoms with Gasteiger partial charge in [-0.25, -0.2) is 0 Å². The molecule has 0 radical (unpaired) electrons. The van der Waals surface area contributed by atoms with Crippen molar-refractivity contribution in [3.05, 3.63) is 24.3 Å². The van der Waals surface area contributed by atoms with Crippen molar-refractivity contribution >= 4 is 23.2 Å². The van der Waals surface area contributed by atoms with Crippen molar-refractivity contribution in [3.8, 4) is 0 Å². The molecule has 0 saturated heterocycles. The largest absolute Gasteiger partial charge is 0.378 e. The lowest BCUT2D eigenvalue weighted by atomic mass is 9.95. The molecule has 1 N–H and O–H groups in total. The summed E-state index contributed by atoms with van der Waals surface area (Å²) in [4.78, 5) is 27.8. The first-order valence-corrected chi connectivity index (χ1v) is 8.82. The Morgan fingerprint density at radius 3 is 2.17 bits per heavy atom. The lowest BCUT2D eigenvalue weighted by Gasteiger charge is -2.25. The Kier molecular flexibility index (Phi) is 6.64. The van der Waals surface area contributed by atoms with Crippen molar-refractivity contribution in [2.75, 3.05) is 30.4 Å². The molecule has 1 aromatic carbocycles. The summed E-state index contributed by atoms with van der Waals surface area (Å²) >= 11 is 0. The summed E-state index contributed by atoms with van der Waals surface area (Å²) in [5, 5.41) is 3.11. The van der Waals surface area contributed by atoms with Crippen LogP contribution in [-0.2, 0) is 9.59 Å². The van der Waals surface area contributed by atoms with E-state index in [0.717, 1.165) is 24.2 Å². The molecule has 1 aliphatic carbocycles. The predicted molar refractivity (Wildman–Crippen MR) is 98.4 cm³/mol. The molecule has 0 aliphatic heterocycles. The van der Waals surface area contributed by atoms with Gasteiger partial charge in [0, 0.05) is 51.4 Å². The standard InChI is InChI=1S/C19H29N3O2/c1-15(23)22(18-11-9-17(10-12-18)21(2)3)14-13-19(24)20-16-7-5-4-6-8-16/h9-12,16H,4-8,13-14H2,1-3H3,(H,20,24). The number of nitrogens with zero attached hydrogens (tertiary/aromatic N) is 2. The smallest absolute Gasteiger partial charge is 0.223 e. The van der Waals surface area contributed by atoms with Gasteiger partial charge in [0.15, 0.2) is 0 Å². The molecule has 0 spiro atoms. The molecule has 0 aromatic heterocycles. The fraction of sp³-hybridized carbons (Fsp3) is 0.579. The number of carbonyl (C=O) groups excluding carboxylic acids is 2. The fourth-order valence-corrected chi connectivity index (χ4v) is 3.16. The monoisotopic (exact) mass is 331 g/mol. The van der Waals surface area contributed by atoms with Crippen molar-refractivity contribution in [3.63, 3.8) is 0 Å². The molecule has 1 saturated carbocycles. The zero-order valence-corrected chi connectivity index (χ0v) is 15.0. The van der Waals surface area contributed by atoms with Gasteiger partial charge in [0.05, 0.1) is 0 Å². The van der Waals surface area contributed by atoms with E-state index in [1.54, 1.807) is 11.8 Å². The molecule has 0 atom stereocenters. The van der Waals surface area contributed by atoms with E-state index < -0.39 is 0 Å². The molecular weight excluding hydrogens is 302 g/mol. The van der Waals surface area contributed by atoms with E-state index in [2.05, 4.69) is 5.32 Å². The number of rotatable bonds is 6. The molecule has 2 amide bonds. The maximum Gasteiger partial charge on any atom is 0.223 e. The average Bonchev–Trinajstić information content (AvgIpc) is 2.56. The number of hydrogen-bond donors (Lipinski definition) is 1. The number of benzene rings is 1. The Morgan fingerprint density at radius 2 is 1.62 bits per heavy atom. The van der Waals surface area contributed by atoms with Crippen LogP contribution in [0.2, 0.25) is 0 Å². The van der Waals surface area contributed by atoms with Crippen molar-refractivity contribution in [1.82, 2.24) is 5.32 Å². The van der Waals surface area contributed by atoms with E-state index in [1.807, 2.05) is 43.3 Å². The van der Waals surface area contributed by atoms with E-state index in [4.69, 9.17) is 0 Å². The molecule has 5 nitrogen and oxygen atoms in total. The van der Waals surface area contributed by atoms with Crippen molar-refractivity contribution in [2.24, 2.45) is 0 Å². The third-order valence-corrected chi connectivity index (χ3v) is 4.59. The normalized spacial score (nSPS) is 15.0. The quantitative estimate of drug-likeness (QED) is 0.872. The van der Waals surface area contributed by atoms with Crippen LogP contribution in [0.1, 0.15) is 45.4 Å². The van der Waals surface area contributed by atoms with Crippen LogP contribution >= 0.6 is 0 Å². The topological polar surface area (TPSA) is 52.7 Å². The average molecular weight is 331 g/mol. The molecule has 1 aromatic rings. The van der Waals surface area contributed by atoms with Crippen LogP contribution in [0.15, 0.2) is 24.3 Å². The molecule has 1 fully saturated rings. The number of anilines is 2. The van der Waals surface area contributed by atoms with Crippen molar-refractivity contribution < 1.29 is 9.59 Å². The summed E-state index contributed by atoms with van der Waals surface area (Å²) in [6.45, 7) is 1.95. The zero-order chi connectivity index (χ0) is 17.5. The van der Waals surface area contributed by atoms with E-state index in [9.17, 15) is 9.59 Å². The number of nitrogens with one attached hydrogen (secondary N) is 1. The van der Waals surface area contributed by atoms with Gasteiger partial charge in [0.25, 0.3) is 0 Å². The summed E-state index contributed by atoms with van der Waals surface area (Å²) < 4.78 is 0. The maximum atomic E-state index is 12.2. The Balaban J connectivity index is 1.90. The molecule has 0 heterocycles. The summed E-state index contributed by atoms with van der Waals surface area (Å²) in [7, 11) is 3.96. The van der Waals surface area contributed by atoms with Crippen LogP contribution in [0.4, 0.5) is 11.4 Å². The first-order chi connectivity index (χ1) is 11.5. The predicted octanol–water partition coefficient (Wildman–Crippen LogP) is 2.94. The second-order valence-corrected chi connectivity index (χ2v) is 6.73. The molecule has 5 heteroatoms. The minimum absolute atomic E-state index is 0.0399. The minimum atomic E-state index is -0.0435. The SMILES string of the molecule is CC(=O)N(CCC(=O)NC1CCCCC1)c1ccc(N(C)C)cc1. The second kappa shape index (κ2) is 8.71. The highest BCUT2D eigenvalue weighted by molar-refractivity contribution is 5.92. The molecule has 0 bridgehead atoms. The van der Waals surface area contributed by atoms with Crippen LogP contribution < -0.4 is 15.1 Å². The highest BCUT2D eigenvalue weighted by atomic mass is 16.2. The van der Waals surface area contributed by atoms with Gasteiger partial charge in [0.2, 0.25) is 11.8 Å². The first kappa shape index (κ1) is 18.3. The van der Waals surface area contributed by atoms with Gasteiger partial charge in [-0.15, -0.1) is 0 Å². The third-order valence-electron chi connectivity index (χ3n) is 4.59. The lowest BCUT2D eigenvalue weighted by Crippen LogP contribution is -2.39. The van der Waals surface area contributed by atoms with Gasteiger partial charge in [-0.05, 0) is 37.1 Å². The van der Waals surface area contributed by atoms with Crippen LogP contribution in [0, 0.1) is 0 Å². The highest BCUT2D eigenvalue weighted by Gasteiger charge is 2.17. The molecule has 2 rings (SSSR count). The molecule has 24 heavy (non-hydrogen) atoms. The van der Waals surface area contributed by atoms with Crippen LogP contribution in [0.3, 0.4) is 0 Å². The second-order valence-electron chi connectivity index (χ2n) is 6.73. The number of hydrogen-bond acceptors (Lipinski definition) is 3. The maximum absolute atomic E-state index is 12.2. The molecular formula is C19H29N3O2. The van der Waals surface area contributed by atoms with E-state index in [1.165, 1.54) is 19.3 Å². The molecule has 0 unspecified atom stereocenters.